The maximum atomic E-state index is 11.0. The summed E-state index contributed by atoms with van der Waals surface area (Å²) in [6.07, 6.45) is 6.77. The standard InChI is InChI=1S/C12H13N5O2/c1-19-11(18)3-5-17-4-2-9(6-16-17)12-14-7-10(13)8-15-12/h2,4,6-8,13H,3,5H2,1H3/p+1. The summed E-state index contributed by atoms with van der Waals surface area (Å²) in [4.78, 5) is 19.2. The van der Waals surface area contributed by atoms with E-state index >= 15 is 0 Å². The van der Waals surface area contributed by atoms with Crippen molar-refractivity contribution in [1.29, 1.82) is 0 Å². The van der Waals surface area contributed by atoms with Crippen LogP contribution in [0.25, 0.3) is 11.4 Å². The molecule has 0 aliphatic carbocycles. The Hall–Kier alpha value is -2.57. The summed E-state index contributed by atoms with van der Waals surface area (Å²) in [7, 11) is 1.36. The SMILES string of the molecule is COC(=O)CC[n+]1ccc(-c2ncc(N)cn2)cn1. The minimum absolute atomic E-state index is 0.264. The van der Waals surface area contributed by atoms with Gasteiger partial charge in [-0.2, -0.15) is 0 Å². The van der Waals surface area contributed by atoms with E-state index in [1.165, 1.54) is 7.11 Å². The maximum Gasteiger partial charge on any atom is 0.312 e. The van der Waals surface area contributed by atoms with E-state index in [0.29, 0.717) is 18.1 Å². The van der Waals surface area contributed by atoms with Gasteiger partial charge in [0.25, 0.3) is 0 Å². The van der Waals surface area contributed by atoms with Crippen LogP contribution < -0.4 is 10.4 Å². The fourth-order valence-electron chi connectivity index (χ4n) is 1.44. The Morgan fingerprint density at radius 1 is 1.37 bits per heavy atom. The largest absolute Gasteiger partial charge is 0.469 e. The average molecular weight is 260 g/mol. The van der Waals surface area contributed by atoms with Gasteiger partial charge in [-0.25, -0.2) is 9.97 Å². The first-order valence-electron chi connectivity index (χ1n) is 5.69. The summed E-state index contributed by atoms with van der Waals surface area (Å²) in [5.41, 5.74) is 6.82. The minimum atomic E-state index is -0.264. The quantitative estimate of drug-likeness (QED) is 0.612. The van der Waals surface area contributed by atoms with Crippen molar-refractivity contribution in [2.75, 3.05) is 12.8 Å². The molecule has 2 N–H and O–H groups in total. The van der Waals surface area contributed by atoms with Crippen molar-refractivity contribution >= 4 is 11.7 Å². The molecule has 0 atom stereocenters. The molecule has 0 unspecified atom stereocenters. The van der Waals surface area contributed by atoms with Gasteiger partial charge >= 0.3 is 5.97 Å². The van der Waals surface area contributed by atoms with Crippen LogP contribution in [-0.2, 0) is 16.1 Å². The molecule has 0 aromatic carbocycles. The molecular formula is C12H14N5O2+. The summed E-state index contributed by atoms with van der Waals surface area (Å²) < 4.78 is 6.21. The van der Waals surface area contributed by atoms with Crippen molar-refractivity contribution in [1.82, 2.24) is 15.1 Å². The van der Waals surface area contributed by atoms with E-state index in [2.05, 4.69) is 19.8 Å². The summed E-state index contributed by atoms with van der Waals surface area (Å²) in [6.45, 7) is 0.468. The molecule has 0 bridgehead atoms. The minimum Gasteiger partial charge on any atom is -0.469 e. The van der Waals surface area contributed by atoms with E-state index < -0.39 is 0 Å². The Kier molecular flexibility index (Phi) is 3.97. The van der Waals surface area contributed by atoms with Crippen LogP contribution in [0.3, 0.4) is 0 Å². The Balaban J connectivity index is 2.06. The van der Waals surface area contributed by atoms with Crippen molar-refractivity contribution in [3.8, 4) is 11.4 Å². The maximum absolute atomic E-state index is 11.0. The highest BCUT2D eigenvalue weighted by atomic mass is 16.5. The third-order valence-corrected chi connectivity index (χ3v) is 2.47. The molecule has 19 heavy (non-hydrogen) atoms. The highest BCUT2D eigenvalue weighted by Crippen LogP contribution is 2.11. The van der Waals surface area contributed by atoms with Gasteiger partial charge in [-0.1, -0.05) is 4.68 Å². The molecule has 0 saturated heterocycles. The number of aryl methyl sites for hydroxylation is 1. The Labute approximate surface area is 110 Å². The van der Waals surface area contributed by atoms with Crippen molar-refractivity contribution in [3.05, 3.63) is 30.9 Å². The first-order chi connectivity index (χ1) is 9.19. The lowest BCUT2D eigenvalue weighted by Gasteiger charge is -1.99. The molecule has 0 amide bonds. The molecule has 2 heterocycles. The van der Waals surface area contributed by atoms with Crippen molar-refractivity contribution in [2.24, 2.45) is 0 Å². The number of methoxy groups -OCH3 is 1. The molecular weight excluding hydrogens is 246 g/mol. The molecule has 98 valence electrons. The first kappa shape index (κ1) is 12.9. The monoisotopic (exact) mass is 260 g/mol. The zero-order valence-corrected chi connectivity index (χ0v) is 10.5. The number of nitrogen functional groups attached to an aromatic ring is 1. The predicted molar refractivity (Wildman–Crippen MR) is 66.5 cm³/mol. The van der Waals surface area contributed by atoms with Gasteiger partial charge in [0.05, 0.1) is 25.2 Å². The number of carbonyl (C=O) groups excluding carboxylic acids is 1. The fourth-order valence-corrected chi connectivity index (χ4v) is 1.44. The summed E-state index contributed by atoms with van der Waals surface area (Å²) in [5, 5.41) is 4.18. The van der Waals surface area contributed by atoms with Gasteiger partial charge in [0, 0.05) is 11.6 Å². The molecule has 0 spiro atoms. The fraction of sp³-hybridized carbons (Fsp3) is 0.250. The van der Waals surface area contributed by atoms with Crippen LogP contribution in [0.5, 0.6) is 0 Å². The molecule has 2 aromatic rings. The van der Waals surface area contributed by atoms with E-state index in [0.717, 1.165) is 5.56 Å². The number of hydrogen-bond donors (Lipinski definition) is 1. The number of hydrogen-bond acceptors (Lipinski definition) is 6. The number of nitrogens with zero attached hydrogens (tertiary/aromatic N) is 4. The number of aromatic nitrogens is 4. The normalized spacial score (nSPS) is 10.2. The highest BCUT2D eigenvalue weighted by Gasteiger charge is 2.09. The van der Waals surface area contributed by atoms with Crippen LogP contribution in [0.2, 0.25) is 0 Å². The van der Waals surface area contributed by atoms with Crippen LogP contribution in [0, 0.1) is 0 Å². The van der Waals surface area contributed by atoms with Gasteiger partial charge in [0.2, 0.25) is 0 Å². The zero-order chi connectivity index (χ0) is 13.7. The van der Waals surface area contributed by atoms with Gasteiger partial charge in [0.1, 0.15) is 12.6 Å². The molecule has 7 nitrogen and oxygen atoms in total. The Morgan fingerprint density at radius 2 is 2.11 bits per heavy atom. The van der Waals surface area contributed by atoms with E-state index in [-0.39, 0.29) is 12.4 Å². The van der Waals surface area contributed by atoms with E-state index in [1.807, 2.05) is 6.07 Å². The predicted octanol–water partition coefficient (Wildman–Crippen LogP) is -0.0286. The molecule has 0 saturated carbocycles. The van der Waals surface area contributed by atoms with Crippen LogP contribution in [0.15, 0.2) is 30.9 Å². The van der Waals surface area contributed by atoms with Crippen molar-refractivity contribution < 1.29 is 14.2 Å². The van der Waals surface area contributed by atoms with Crippen LogP contribution in [-0.4, -0.2) is 28.1 Å². The molecule has 0 fully saturated rings. The Bertz CT molecular complexity index is 553. The number of ether oxygens (including phenoxy) is 1. The topological polar surface area (TPSA) is 94.9 Å². The van der Waals surface area contributed by atoms with Crippen molar-refractivity contribution in [3.63, 3.8) is 0 Å². The molecule has 0 aliphatic heterocycles. The molecule has 0 aliphatic rings. The van der Waals surface area contributed by atoms with Crippen molar-refractivity contribution in [2.45, 2.75) is 13.0 Å². The van der Waals surface area contributed by atoms with Gasteiger partial charge < -0.3 is 10.5 Å². The summed E-state index contributed by atoms with van der Waals surface area (Å²) >= 11 is 0. The van der Waals surface area contributed by atoms with Gasteiger partial charge in [-0.3, -0.25) is 4.79 Å². The zero-order valence-electron chi connectivity index (χ0n) is 10.5. The van der Waals surface area contributed by atoms with Gasteiger partial charge in [0.15, 0.2) is 18.6 Å². The molecule has 2 aromatic heterocycles. The molecule has 2 rings (SSSR count). The Morgan fingerprint density at radius 3 is 2.68 bits per heavy atom. The van der Waals surface area contributed by atoms with Gasteiger partial charge in [-0.05, 0) is 5.10 Å². The van der Waals surface area contributed by atoms with Crippen LogP contribution in [0.4, 0.5) is 5.69 Å². The second kappa shape index (κ2) is 5.85. The van der Waals surface area contributed by atoms with E-state index in [1.54, 1.807) is 29.5 Å². The summed E-state index contributed by atoms with van der Waals surface area (Å²) in [6, 6.07) is 1.83. The second-order valence-electron chi connectivity index (χ2n) is 3.84. The lowest BCUT2D eigenvalue weighted by atomic mass is 10.3. The summed E-state index contributed by atoms with van der Waals surface area (Å²) in [5.74, 6) is 0.294. The van der Waals surface area contributed by atoms with Gasteiger partial charge in [-0.15, -0.1) is 0 Å². The first-order valence-corrected chi connectivity index (χ1v) is 5.69. The number of esters is 1. The lowest BCUT2D eigenvalue weighted by Crippen LogP contribution is -2.38. The smallest absolute Gasteiger partial charge is 0.312 e. The van der Waals surface area contributed by atoms with Crippen LogP contribution in [0.1, 0.15) is 6.42 Å². The van der Waals surface area contributed by atoms with E-state index in [4.69, 9.17) is 5.73 Å². The second-order valence-corrected chi connectivity index (χ2v) is 3.84. The third kappa shape index (κ3) is 3.44. The lowest BCUT2D eigenvalue weighted by molar-refractivity contribution is -0.752. The highest BCUT2D eigenvalue weighted by molar-refractivity contribution is 5.68. The number of nitrogens with two attached hydrogens (primary N) is 1. The van der Waals surface area contributed by atoms with E-state index in [9.17, 15) is 4.79 Å². The number of rotatable bonds is 4. The average Bonchev–Trinajstić information content (AvgIpc) is 2.46. The molecule has 7 heteroatoms. The number of anilines is 1. The van der Waals surface area contributed by atoms with Crippen LogP contribution >= 0.6 is 0 Å². The third-order valence-electron chi connectivity index (χ3n) is 2.47. The molecule has 0 radical (unpaired) electrons. The number of carbonyl (C=O) groups is 1.